The van der Waals surface area contributed by atoms with Crippen molar-refractivity contribution < 1.29 is 0 Å². The summed E-state index contributed by atoms with van der Waals surface area (Å²) < 4.78 is 0. The van der Waals surface area contributed by atoms with Crippen molar-refractivity contribution in [2.75, 3.05) is 11.4 Å². The third kappa shape index (κ3) is 2.64. The summed E-state index contributed by atoms with van der Waals surface area (Å²) in [5, 5.41) is 9.11. The van der Waals surface area contributed by atoms with E-state index < -0.39 is 0 Å². The highest BCUT2D eigenvalue weighted by molar-refractivity contribution is 5.49. The molecule has 0 N–H and O–H groups in total. The van der Waals surface area contributed by atoms with Gasteiger partial charge in [0, 0.05) is 6.54 Å². The van der Waals surface area contributed by atoms with Crippen molar-refractivity contribution in [3.63, 3.8) is 0 Å². The predicted molar refractivity (Wildman–Crippen MR) is 66.0 cm³/mol. The molecule has 1 aliphatic carbocycles. The number of anilines is 1. The van der Waals surface area contributed by atoms with Crippen molar-refractivity contribution in [1.29, 1.82) is 5.26 Å². The van der Waals surface area contributed by atoms with E-state index in [-0.39, 0.29) is 0 Å². The second-order valence-corrected chi connectivity index (χ2v) is 4.09. The summed E-state index contributed by atoms with van der Waals surface area (Å²) in [4.78, 5) is 1.76. The van der Waals surface area contributed by atoms with E-state index in [9.17, 15) is 0 Å². The lowest BCUT2D eigenvalue weighted by molar-refractivity contribution is 0.836. The zero-order chi connectivity index (χ0) is 11.2. The molecule has 0 saturated carbocycles. The van der Waals surface area contributed by atoms with Gasteiger partial charge in [0.1, 0.15) is 0 Å². The lowest BCUT2D eigenvalue weighted by atomic mass is 10.1. The highest BCUT2D eigenvalue weighted by Crippen LogP contribution is 2.22. The molecule has 0 saturated heterocycles. The molecule has 0 spiro atoms. The standard InChI is InChI=1S/C14H16N2/c15-12-16(14-8-2-1-3-9-14)11-10-13-6-4-5-7-13/h1-3,6,8-9H,4-5,7,10-11H2. The van der Waals surface area contributed by atoms with E-state index in [0.29, 0.717) is 0 Å². The first-order valence-electron chi connectivity index (χ1n) is 5.80. The van der Waals surface area contributed by atoms with Gasteiger partial charge in [0.05, 0.1) is 5.69 Å². The average molecular weight is 212 g/mol. The Kier molecular flexibility index (Phi) is 3.61. The Bertz CT molecular complexity index is 400. The fourth-order valence-electron chi connectivity index (χ4n) is 2.06. The number of nitriles is 1. The summed E-state index contributed by atoms with van der Waals surface area (Å²) in [6.45, 7) is 0.798. The molecule has 0 atom stereocenters. The minimum absolute atomic E-state index is 0.798. The van der Waals surface area contributed by atoms with Crippen LogP contribution in [-0.2, 0) is 0 Å². The van der Waals surface area contributed by atoms with Gasteiger partial charge in [0.15, 0.2) is 6.19 Å². The molecule has 0 amide bonds. The minimum atomic E-state index is 0.798. The number of rotatable bonds is 4. The summed E-state index contributed by atoms with van der Waals surface area (Å²) in [7, 11) is 0. The third-order valence-corrected chi connectivity index (χ3v) is 2.98. The molecule has 1 aliphatic rings. The van der Waals surface area contributed by atoms with Gasteiger partial charge >= 0.3 is 0 Å². The Labute approximate surface area is 96.8 Å². The predicted octanol–water partition coefficient (Wildman–Crippen LogP) is 3.47. The van der Waals surface area contributed by atoms with Crippen molar-refractivity contribution in [3.05, 3.63) is 42.0 Å². The van der Waals surface area contributed by atoms with Crippen molar-refractivity contribution in [2.45, 2.75) is 25.7 Å². The first-order chi connectivity index (χ1) is 7.90. The first kappa shape index (κ1) is 10.8. The van der Waals surface area contributed by atoms with Gasteiger partial charge in [-0.05, 0) is 37.8 Å². The van der Waals surface area contributed by atoms with Gasteiger partial charge in [-0.15, -0.1) is 0 Å². The molecule has 2 rings (SSSR count). The highest BCUT2D eigenvalue weighted by atomic mass is 15.1. The second kappa shape index (κ2) is 5.37. The van der Waals surface area contributed by atoms with E-state index in [2.05, 4.69) is 12.3 Å². The lowest BCUT2D eigenvalue weighted by Crippen LogP contribution is -2.17. The molecule has 1 aromatic rings. The smallest absolute Gasteiger partial charge is 0.184 e. The highest BCUT2D eigenvalue weighted by Gasteiger charge is 2.08. The van der Waals surface area contributed by atoms with Crippen LogP contribution in [0.3, 0.4) is 0 Å². The molecule has 0 fully saturated rings. The molecule has 1 aromatic carbocycles. The van der Waals surface area contributed by atoms with Crippen LogP contribution >= 0.6 is 0 Å². The largest absolute Gasteiger partial charge is 0.279 e. The maximum Gasteiger partial charge on any atom is 0.184 e. The van der Waals surface area contributed by atoms with Crippen molar-refractivity contribution in [2.24, 2.45) is 0 Å². The Morgan fingerprint density at radius 1 is 1.25 bits per heavy atom. The van der Waals surface area contributed by atoms with Crippen LogP contribution in [0.15, 0.2) is 42.0 Å². The monoisotopic (exact) mass is 212 g/mol. The van der Waals surface area contributed by atoms with Crippen LogP contribution in [0, 0.1) is 11.5 Å². The van der Waals surface area contributed by atoms with Crippen LogP contribution in [0.25, 0.3) is 0 Å². The van der Waals surface area contributed by atoms with E-state index in [4.69, 9.17) is 5.26 Å². The number of benzene rings is 1. The third-order valence-electron chi connectivity index (χ3n) is 2.98. The Morgan fingerprint density at radius 2 is 2.06 bits per heavy atom. The molecule has 0 aromatic heterocycles. The molecule has 2 heteroatoms. The van der Waals surface area contributed by atoms with Gasteiger partial charge in [-0.3, -0.25) is 4.90 Å². The maximum atomic E-state index is 9.11. The van der Waals surface area contributed by atoms with Gasteiger partial charge in [-0.2, -0.15) is 5.26 Å². The molecule has 0 aliphatic heterocycles. The molecular weight excluding hydrogens is 196 g/mol. The summed E-state index contributed by atoms with van der Waals surface area (Å²) in [5.74, 6) is 0. The molecule has 0 heterocycles. The fraction of sp³-hybridized carbons (Fsp3) is 0.357. The van der Waals surface area contributed by atoms with Gasteiger partial charge in [-0.1, -0.05) is 29.8 Å². The van der Waals surface area contributed by atoms with Crippen LogP contribution in [0.5, 0.6) is 0 Å². The van der Waals surface area contributed by atoms with Crippen molar-refractivity contribution >= 4 is 5.69 Å². The molecule has 0 unspecified atom stereocenters. The Hall–Kier alpha value is -1.75. The van der Waals surface area contributed by atoms with Crippen molar-refractivity contribution in [1.82, 2.24) is 0 Å². The van der Waals surface area contributed by atoms with Crippen LogP contribution in [0.2, 0.25) is 0 Å². The van der Waals surface area contributed by atoms with E-state index >= 15 is 0 Å². The lowest BCUT2D eigenvalue weighted by Gasteiger charge is -2.15. The van der Waals surface area contributed by atoms with Crippen molar-refractivity contribution in [3.8, 4) is 6.19 Å². The Balaban J connectivity index is 1.94. The van der Waals surface area contributed by atoms with E-state index in [1.165, 1.54) is 24.8 Å². The number of nitrogens with zero attached hydrogens (tertiary/aromatic N) is 2. The normalized spacial score (nSPS) is 14.3. The number of hydrogen-bond acceptors (Lipinski definition) is 2. The zero-order valence-electron chi connectivity index (χ0n) is 9.39. The number of allylic oxidation sites excluding steroid dienone is 1. The number of hydrogen-bond donors (Lipinski definition) is 0. The fourth-order valence-corrected chi connectivity index (χ4v) is 2.06. The van der Waals surface area contributed by atoms with Crippen LogP contribution in [-0.4, -0.2) is 6.54 Å². The number of para-hydroxylation sites is 1. The summed E-state index contributed by atoms with van der Waals surface area (Å²) in [6.07, 6.45) is 9.30. The molecule has 0 radical (unpaired) electrons. The van der Waals surface area contributed by atoms with Gasteiger partial charge in [-0.25, -0.2) is 0 Å². The van der Waals surface area contributed by atoms with E-state index in [0.717, 1.165) is 18.7 Å². The first-order valence-corrected chi connectivity index (χ1v) is 5.80. The van der Waals surface area contributed by atoms with Gasteiger partial charge in [0.2, 0.25) is 0 Å². The van der Waals surface area contributed by atoms with Crippen LogP contribution < -0.4 is 4.90 Å². The molecule has 16 heavy (non-hydrogen) atoms. The molecule has 0 bridgehead atoms. The van der Waals surface area contributed by atoms with E-state index in [1.807, 2.05) is 30.3 Å². The summed E-state index contributed by atoms with van der Waals surface area (Å²) in [5.41, 5.74) is 2.50. The minimum Gasteiger partial charge on any atom is -0.279 e. The maximum absolute atomic E-state index is 9.11. The van der Waals surface area contributed by atoms with Crippen LogP contribution in [0.4, 0.5) is 5.69 Å². The topological polar surface area (TPSA) is 27.0 Å². The van der Waals surface area contributed by atoms with Crippen LogP contribution in [0.1, 0.15) is 25.7 Å². The summed E-state index contributed by atoms with van der Waals surface area (Å²) in [6, 6.07) is 9.86. The molecule has 82 valence electrons. The van der Waals surface area contributed by atoms with E-state index in [1.54, 1.807) is 4.90 Å². The molecule has 2 nitrogen and oxygen atoms in total. The SMILES string of the molecule is N#CN(CCC1=CCCC1)c1ccccc1. The zero-order valence-corrected chi connectivity index (χ0v) is 9.39. The average Bonchev–Trinajstić information content (AvgIpc) is 2.84. The van der Waals surface area contributed by atoms with Gasteiger partial charge in [0.25, 0.3) is 0 Å². The van der Waals surface area contributed by atoms with Gasteiger partial charge < -0.3 is 0 Å². The molecular formula is C14H16N2. The Morgan fingerprint density at radius 3 is 2.69 bits per heavy atom. The second-order valence-electron chi connectivity index (χ2n) is 4.09. The quantitative estimate of drug-likeness (QED) is 0.434. The summed E-state index contributed by atoms with van der Waals surface area (Å²) >= 11 is 0.